The van der Waals surface area contributed by atoms with E-state index in [0.29, 0.717) is 0 Å². The third kappa shape index (κ3) is 4.27. The van der Waals surface area contributed by atoms with Gasteiger partial charge in [-0.2, -0.15) is 0 Å². The standard InChI is InChI=1S/C28H30N2O/c1-21(19-20-24-13-7-4-8-14-24)29-27(22(2)23(3)28(29)31)30(25-15-9-5-10-16-25)26-17-11-6-12-18-26/h4-18,21,27H,19-20H2,1-3H3/t21-,27+/m0/s1. The molecule has 3 nitrogen and oxygen atoms in total. The van der Waals surface area contributed by atoms with Gasteiger partial charge < -0.3 is 9.80 Å². The Labute approximate surface area is 185 Å². The van der Waals surface area contributed by atoms with E-state index in [9.17, 15) is 4.79 Å². The first-order chi connectivity index (χ1) is 15.1. The largest absolute Gasteiger partial charge is 0.317 e. The van der Waals surface area contributed by atoms with Gasteiger partial charge in [0, 0.05) is 23.0 Å². The zero-order valence-corrected chi connectivity index (χ0v) is 18.5. The summed E-state index contributed by atoms with van der Waals surface area (Å²) in [6.07, 6.45) is 1.74. The average molecular weight is 411 g/mol. The Kier molecular flexibility index (Phi) is 6.22. The van der Waals surface area contributed by atoms with Crippen molar-refractivity contribution in [3.8, 4) is 0 Å². The van der Waals surface area contributed by atoms with Crippen LogP contribution in [-0.4, -0.2) is 23.0 Å². The number of rotatable bonds is 7. The fourth-order valence-electron chi connectivity index (χ4n) is 4.40. The van der Waals surface area contributed by atoms with E-state index in [1.165, 1.54) is 5.56 Å². The van der Waals surface area contributed by atoms with E-state index >= 15 is 0 Å². The van der Waals surface area contributed by atoms with Crippen LogP contribution in [0.4, 0.5) is 11.4 Å². The number of aryl methyl sites for hydroxylation is 1. The van der Waals surface area contributed by atoms with Crippen molar-refractivity contribution in [3.05, 3.63) is 108 Å². The number of nitrogens with zero attached hydrogens (tertiary/aromatic N) is 2. The number of amides is 1. The first-order valence-electron chi connectivity index (χ1n) is 11.0. The molecule has 0 saturated heterocycles. The van der Waals surface area contributed by atoms with Gasteiger partial charge >= 0.3 is 0 Å². The molecule has 0 unspecified atom stereocenters. The maximum Gasteiger partial charge on any atom is 0.251 e. The van der Waals surface area contributed by atoms with E-state index in [1.807, 2.05) is 25.1 Å². The van der Waals surface area contributed by atoms with Gasteiger partial charge in [0.1, 0.15) is 6.17 Å². The first kappa shape index (κ1) is 20.9. The highest BCUT2D eigenvalue weighted by molar-refractivity contribution is 5.98. The number of carbonyl (C=O) groups excluding carboxylic acids is 1. The Morgan fingerprint density at radius 3 is 1.81 bits per heavy atom. The summed E-state index contributed by atoms with van der Waals surface area (Å²) < 4.78 is 0. The molecule has 4 rings (SSSR count). The second-order valence-electron chi connectivity index (χ2n) is 8.31. The molecule has 0 radical (unpaired) electrons. The van der Waals surface area contributed by atoms with Crippen molar-refractivity contribution in [1.82, 2.24) is 4.90 Å². The highest BCUT2D eigenvalue weighted by Gasteiger charge is 2.41. The monoisotopic (exact) mass is 410 g/mol. The molecule has 1 heterocycles. The van der Waals surface area contributed by atoms with Crippen LogP contribution in [0.15, 0.2) is 102 Å². The van der Waals surface area contributed by atoms with Gasteiger partial charge in [0.05, 0.1) is 0 Å². The Balaban J connectivity index is 1.70. The van der Waals surface area contributed by atoms with Crippen molar-refractivity contribution in [2.24, 2.45) is 0 Å². The van der Waals surface area contributed by atoms with Crippen molar-refractivity contribution in [3.63, 3.8) is 0 Å². The summed E-state index contributed by atoms with van der Waals surface area (Å²) in [6, 6.07) is 31.4. The molecule has 3 aromatic rings. The lowest BCUT2D eigenvalue weighted by molar-refractivity contribution is -0.129. The molecule has 3 heteroatoms. The molecule has 2 atom stereocenters. The molecular formula is C28H30N2O. The molecule has 1 amide bonds. The average Bonchev–Trinajstić information content (AvgIpc) is 3.04. The van der Waals surface area contributed by atoms with Gasteiger partial charge in [-0.25, -0.2) is 0 Å². The van der Waals surface area contributed by atoms with E-state index in [4.69, 9.17) is 0 Å². The van der Waals surface area contributed by atoms with E-state index < -0.39 is 0 Å². The van der Waals surface area contributed by atoms with Gasteiger partial charge in [0.25, 0.3) is 5.91 Å². The Bertz CT molecular complexity index is 1000. The maximum absolute atomic E-state index is 13.4. The first-order valence-corrected chi connectivity index (χ1v) is 11.0. The molecule has 0 saturated carbocycles. The lowest BCUT2D eigenvalue weighted by atomic mass is 10.0. The minimum atomic E-state index is -0.136. The summed E-state index contributed by atoms with van der Waals surface area (Å²) in [7, 11) is 0. The van der Waals surface area contributed by atoms with Gasteiger partial charge in [0.2, 0.25) is 0 Å². The predicted octanol–water partition coefficient (Wildman–Crippen LogP) is 6.35. The van der Waals surface area contributed by atoms with Crippen LogP contribution in [-0.2, 0) is 11.2 Å². The van der Waals surface area contributed by atoms with Crippen LogP contribution in [0.3, 0.4) is 0 Å². The van der Waals surface area contributed by atoms with E-state index in [1.54, 1.807) is 0 Å². The topological polar surface area (TPSA) is 23.6 Å². The third-order valence-corrected chi connectivity index (χ3v) is 6.28. The molecule has 3 aromatic carbocycles. The molecule has 0 fully saturated rings. The summed E-state index contributed by atoms with van der Waals surface area (Å²) in [5.74, 6) is 0.139. The maximum atomic E-state index is 13.4. The Hall–Kier alpha value is -3.33. The van der Waals surface area contributed by atoms with Crippen LogP contribution < -0.4 is 4.90 Å². The molecule has 1 aliphatic rings. The zero-order chi connectivity index (χ0) is 21.8. The molecule has 0 N–H and O–H groups in total. The Morgan fingerprint density at radius 1 is 0.806 bits per heavy atom. The second kappa shape index (κ2) is 9.22. The number of carbonyl (C=O) groups is 1. The third-order valence-electron chi connectivity index (χ3n) is 6.28. The minimum Gasteiger partial charge on any atom is -0.317 e. The number of benzene rings is 3. The van der Waals surface area contributed by atoms with E-state index in [-0.39, 0.29) is 18.1 Å². The number of hydrogen-bond donors (Lipinski definition) is 0. The summed E-state index contributed by atoms with van der Waals surface area (Å²) >= 11 is 0. The summed E-state index contributed by atoms with van der Waals surface area (Å²) in [5, 5.41) is 0. The zero-order valence-electron chi connectivity index (χ0n) is 18.5. The predicted molar refractivity (Wildman–Crippen MR) is 128 cm³/mol. The van der Waals surface area contributed by atoms with Gasteiger partial charge in [-0.05, 0) is 69.0 Å². The van der Waals surface area contributed by atoms with Crippen molar-refractivity contribution in [2.75, 3.05) is 4.90 Å². The van der Waals surface area contributed by atoms with Crippen LogP contribution in [0.2, 0.25) is 0 Å². The Morgan fingerprint density at radius 2 is 1.29 bits per heavy atom. The molecule has 0 aromatic heterocycles. The molecule has 0 bridgehead atoms. The fraction of sp³-hybridized carbons (Fsp3) is 0.250. The van der Waals surface area contributed by atoms with Crippen molar-refractivity contribution >= 4 is 17.3 Å². The van der Waals surface area contributed by atoms with Gasteiger partial charge in [-0.3, -0.25) is 4.79 Å². The van der Waals surface area contributed by atoms with Gasteiger partial charge in [-0.15, -0.1) is 0 Å². The van der Waals surface area contributed by atoms with Crippen LogP contribution in [0.1, 0.15) is 32.8 Å². The summed E-state index contributed by atoms with van der Waals surface area (Å²) in [4.78, 5) is 17.8. The quantitative estimate of drug-likeness (QED) is 0.453. The smallest absolute Gasteiger partial charge is 0.251 e. The molecule has 0 aliphatic carbocycles. The highest BCUT2D eigenvalue weighted by Crippen LogP contribution is 2.38. The van der Waals surface area contributed by atoms with Crippen LogP contribution in [0, 0.1) is 0 Å². The number of para-hydroxylation sites is 2. The lowest BCUT2D eigenvalue weighted by Gasteiger charge is -2.41. The molecule has 31 heavy (non-hydrogen) atoms. The normalized spacial score (nSPS) is 17.2. The fourth-order valence-corrected chi connectivity index (χ4v) is 4.40. The summed E-state index contributed by atoms with van der Waals surface area (Å²) in [5.41, 5.74) is 5.45. The minimum absolute atomic E-state index is 0.111. The number of hydrogen-bond acceptors (Lipinski definition) is 2. The molecular weight excluding hydrogens is 380 g/mol. The van der Waals surface area contributed by atoms with Crippen LogP contribution >= 0.6 is 0 Å². The number of anilines is 2. The molecule has 158 valence electrons. The van der Waals surface area contributed by atoms with E-state index in [2.05, 4.69) is 96.4 Å². The van der Waals surface area contributed by atoms with Gasteiger partial charge in [0.15, 0.2) is 0 Å². The lowest BCUT2D eigenvalue weighted by Crippen LogP contribution is -2.50. The molecule has 1 aliphatic heterocycles. The van der Waals surface area contributed by atoms with Crippen LogP contribution in [0.5, 0.6) is 0 Å². The van der Waals surface area contributed by atoms with Crippen molar-refractivity contribution in [1.29, 1.82) is 0 Å². The highest BCUT2D eigenvalue weighted by atomic mass is 16.2. The second-order valence-corrected chi connectivity index (χ2v) is 8.31. The van der Waals surface area contributed by atoms with Crippen LogP contribution in [0.25, 0.3) is 0 Å². The van der Waals surface area contributed by atoms with Crippen molar-refractivity contribution < 1.29 is 4.79 Å². The van der Waals surface area contributed by atoms with E-state index in [0.717, 1.165) is 35.4 Å². The molecule has 0 spiro atoms. The summed E-state index contributed by atoms with van der Waals surface area (Å²) in [6.45, 7) is 6.23. The van der Waals surface area contributed by atoms with Gasteiger partial charge in [-0.1, -0.05) is 66.7 Å². The SMILES string of the molecule is CC1=C(C)[C@@H](N(c2ccccc2)c2ccccc2)N([C@@H](C)CCc2ccccc2)C1=O. The van der Waals surface area contributed by atoms with Crippen molar-refractivity contribution in [2.45, 2.75) is 45.8 Å².